The summed E-state index contributed by atoms with van der Waals surface area (Å²) in [4.78, 5) is 14.4. The molecule has 0 spiro atoms. The van der Waals surface area contributed by atoms with Crippen molar-refractivity contribution < 1.29 is 14.6 Å². The van der Waals surface area contributed by atoms with Gasteiger partial charge in [-0.1, -0.05) is 31.2 Å². The second-order valence-corrected chi connectivity index (χ2v) is 5.99. The van der Waals surface area contributed by atoms with E-state index in [0.29, 0.717) is 19.6 Å². The van der Waals surface area contributed by atoms with Gasteiger partial charge in [0.15, 0.2) is 0 Å². The van der Waals surface area contributed by atoms with Crippen LogP contribution in [0.5, 0.6) is 0 Å². The van der Waals surface area contributed by atoms with Gasteiger partial charge in [0.2, 0.25) is 5.91 Å². The molecule has 0 aromatic heterocycles. The van der Waals surface area contributed by atoms with Crippen LogP contribution in [0.25, 0.3) is 0 Å². The Hall–Kier alpha value is -1.39. The number of benzene rings is 1. The summed E-state index contributed by atoms with van der Waals surface area (Å²) in [7, 11) is 0. The van der Waals surface area contributed by atoms with E-state index in [-0.39, 0.29) is 30.6 Å². The smallest absolute Gasteiger partial charge is 0.223 e. The van der Waals surface area contributed by atoms with Crippen LogP contribution < -0.4 is 0 Å². The third kappa shape index (κ3) is 3.83. The lowest BCUT2D eigenvalue weighted by Gasteiger charge is -2.38. The summed E-state index contributed by atoms with van der Waals surface area (Å²) in [5.41, 5.74) is 2.45. The molecular weight excluding hydrogens is 266 g/mol. The Morgan fingerprint density at radius 1 is 1.48 bits per heavy atom. The van der Waals surface area contributed by atoms with Crippen molar-refractivity contribution in [2.75, 3.05) is 19.8 Å². The first-order chi connectivity index (χ1) is 10.0. The van der Waals surface area contributed by atoms with E-state index >= 15 is 0 Å². The van der Waals surface area contributed by atoms with E-state index in [4.69, 9.17) is 4.74 Å². The van der Waals surface area contributed by atoms with Gasteiger partial charge in [-0.2, -0.15) is 0 Å². The molecule has 1 aromatic carbocycles. The number of carbonyl (C=O) groups excluding carboxylic acids is 1. The minimum absolute atomic E-state index is 0.0379. The molecule has 21 heavy (non-hydrogen) atoms. The van der Waals surface area contributed by atoms with Gasteiger partial charge in [0.25, 0.3) is 0 Å². The third-order valence-electron chi connectivity index (χ3n) is 4.23. The van der Waals surface area contributed by atoms with E-state index in [1.165, 1.54) is 11.1 Å². The molecule has 1 heterocycles. The fourth-order valence-electron chi connectivity index (χ4n) is 2.90. The van der Waals surface area contributed by atoms with E-state index < -0.39 is 0 Å². The minimum Gasteiger partial charge on any atom is -0.394 e. The third-order valence-corrected chi connectivity index (χ3v) is 4.23. The maximum Gasteiger partial charge on any atom is 0.223 e. The quantitative estimate of drug-likeness (QED) is 0.924. The van der Waals surface area contributed by atoms with Gasteiger partial charge < -0.3 is 14.7 Å². The summed E-state index contributed by atoms with van der Waals surface area (Å²) in [6.45, 7) is 7.10. The second kappa shape index (κ2) is 7.05. The van der Waals surface area contributed by atoms with Crippen molar-refractivity contribution in [2.24, 2.45) is 0 Å². The van der Waals surface area contributed by atoms with Crippen molar-refractivity contribution in [1.29, 1.82) is 0 Å². The Morgan fingerprint density at radius 2 is 2.19 bits per heavy atom. The number of rotatable bonds is 4. The molecule has 4 heteroatoms. The summed E-state index contributed by atoms with van der Waals surface area (Å²) in [5.74, 6) is 0.335. The maximum atomic E-state index is 12.6. The van der Waals surface area contributed by atoms with Gasteiger partial charge >= 0.3 is 0 Å². The zero-order valence-corrected chi connectivity index (χ0v) is 13.1. The van der Waals surface area contributed by atoms with Gasteiger partial charge in [0, 0.05) is 13.0 Å². The van der Waals surface area contributed by atoms with Crippen molar-refractivity contribution in [3.63, 3.8) is 0 Å². The zero-order chi connectivity index (χ0) is 15.4. The lowest BCUT2D eigenvalue weighted by atomic mass is 9.93. The highest BCUT2D eigenvalue weighted by Crippen LogP contribution is 2.24. The predicted octanol–water partition coefficient (Wildman–Crippen LogP) is 2.10. The molecule has 3 atom stereocenters. The van der Waals surface area contributed by atoms with Gasteiger partial charge in [-0.15, -0.1) is 0 Å². The molecule has 0 saturated carbocycles. The molecule has 3 unspecified atom stereocenters. The largest absolute Gasteiger partial charge is 0.394 e. The fraction of sp³-hybridized carbons (Fsp3) is 0.588. The molecule has 1 amide bonds. The van der Waals surface area contributed by atoms with Crippen LogP contribution in [0.4, 0.5) is 0 Å². The van der Waals surface area contributed by atoms with Gasteiger partial charge in [-0.3, -0.25) is 4.79 Å². The number of hydrogen-bond acceptors (Lipinski definition) is 3. The van der Waals surface area contributed by atoms with Gasteiger partial charge in [-0.25, -0.2) is 0 Å². The molecule has 0 aliphatic carbocycles. The topological polar surface area (TPSA) is 49.8 Å². The van der Waals surface area contributed by atoms with Gasteiger partial charge in [0.1, 0.15) is 0 Å². The Kier molecular flexibility index (Phi) is 5.37. The highest BCUT2D eigenvalue weighted by molar-refractivity contribution is 5.77. The molecule has 116 valence electrons. The Labute approximate surface area is 126 Å². The molecule has 0 radical (unpaired) electrons. The average Bonchev–Trinajstić information content (AvgIpc) is 2.48. The monoisotopic (exact) mass is 291 g/mol. The minimum atomic E-state index is -0.251. The summed E-state index contributed by atoms with van der Waals surface area (Å²) < 4.78 is 5.48. The Bertz CT molecular complexity index is 489. The predicted molar refractivity (Wildman–Crippen MR) is 82.2 cm³/mol. The zero-order valence-electron chi connectivity index (χ0n) is 13.1. The van der Waals surface area contributed by atoms with E-state index in [1.807, 2.05) is 24.0 Å². The number of morpholine rings is 1. The maximum absolute atomic E-state index is 12.6. The van der Waals surface area contributed by atoms with Gasteiger partial charge in [0.05, 0.1) is 25.4 Å². The van der Waals surface area contributed by atoms with Crippen LogP contribution in [0, 0.1) is 6.92 Å². The summed E-state index contributed by atoms with van der Waals surface area (Å²) >= 11 is 0. The van der Waals surface area contributed by atoms with Crippen LogP contribution in [0.1, 0.15) is 37.3 Å². The lowest BCUT2D eigenvalue weighted by molar-refractivity contribution is -0.146. The average molecular weight is 291 g/mol. The standard InChI is InChI=1S/C17H25NO3/c1-12-6-4-5-7-16(12)13(2)8-17(20)18-9-15(10-19)21-11-14(18)3/h4-7,13-15,19H,8-11H2,1-3H3. The van der Waals surface area contributed by atoms with Crippen LogP contribution in [0.15, 0.2) is 24.3 Å². The van der Waals surface area contributed by atoms with Crippen molar-refractivity contribution in [3.8, 4) is 0 Å². The van der Waals surface area contributed by atoms with Crippen LogP contribution in [-0.2, 0) is 9.53 Å². The first-order valence-electron chi connectivity index (χ1n) is 7.60. The summed E-state index contributed by atoms with van der Waals surface area (Å²) in [6, 6.07) is 8.28. The molecule has 0 bridgehead atoms. The molecule has 1 aromatic rings. The SMILES string of the molecule is Cc1ccccc1C(C)CC(=O)N1CC(CO)OCC1C. The van der Waals surface area contributed by atoms with Crippen molar-refractivity contribution in [1.82, 2.24) is 4.90 Å². The first-order valence-corrected chi connectivity index (χ1v) is 7.60. The number of aryl methyl sites for hydroxylation is 1. The number of nitrogens with zero attached hydrogens (tertiary/aromatic N) is 1. The van der Waals surface area contributed by atoms with Crippen molar-refractivity contribution in [3.05, 3.63) is 35.4 Å². The van der Waals surface area contributed by atoms with E-state index in [1.54, 1.807) is 0 Å². The highest BCUT2D eigenvalue weighted by Gasteiger charge is 2.30. The number of ether oxygens (including phenoxy) is 1. The van der Waals surface area contributed by atoms with E-state index in [2.05, 4.69) is 26.0 Å². The molecule has 1 N–H and O–H groups in total. The van der Waals surface area contributed by atoms with Crippen LogP contribution >= 0.6 is 0 Å². The molecule has 1 fully saturated rings. The Balaban J connectivity index is 2.01. The molecule has 1 aliphatic heterocycles. The number of amides is 1. The van der Waals surface area contributed by atoms with Crippen molar-refractivity contribution >= 4 is 5.91 Å². The molecule has 1 saturated heterocycles. The number of carbonyl (C=O) groups is 1. The fourth-order valence-corrected chi connectivity index (χ4v) is 2.90. The molecular formula is C17H25NO3. The van der Waals surface area contributed by atoms with Crippen LogP contribution in [-0.4, -0.2) is 47.8 Å². The number of aliphatic hydroxyl groups is 1. The highest BCUT2D eigenvalue weighted by atomic mass is 16.5. The molecule has 4 nitrogen and oxygen atoms in total. The molecule has 1 aliphatic rings. The number of hydrogen-bond donors (Lipinski definition) is 1. The normalized spacial score (nSPS) is 23.9. The first kappa shape index (κ1) is 16.0. The lowest BCUT2D eigenvalue weighted by Crippen LogP contribution is -2.52. The van der Waals surface area contributed by atoms with E-state index in [0.717, 1.165) is 0 Å². The summed E-state index contributed by atoms with van der Waals surface area (Å²) in [5, 5.41) is 9.21. The summed E-state index contributed by atoms with van der Waals surface area (Å²) in [6.07, 6.45) is 0.242. The number of aliphatic hydroxyl groups excluding tert-OH is 1. The van der Waals surface area contributed by atoms with Crippen LogP contribution in [0.2, 0.25) is 0 Å². The second-order valence-electron chi connectivity index (χ2n) is 5.99. The van der Waals surface area contributed by atoms with Gasteiger partial charge in [-0.05, 0) is 30.9 Å². The van der Waals surface area contributed by atoms with E-state index in [9.17, 15) is 9.90 Å². The van der Waals surface area contributed by atoms with Crippen LogP contribution in [0.3, 0.4) is 0 Å². The molecule has 2 rings (SSSR count). The van der Waals surface area contributed by atoms with Crippen molar-refractivity contribution in [2.45, 2.75) is 45.3 Å². The Morgan fingerprint density at radius 3 is 2.86 bits per heavy atom.